The van der Waals surface area contributed by atoms with Crippen molar-refractivity contribution in [2.75, 3.05) is 20.2 Å². The SMILES string of the molecule is CCC(=O)C1C2CCOC2CN1C. The summed E-state index contributed by atoms with van der Waals surface area (Å²) in [5, 5.41) is 0. The van der Waals surface area contributed by atoms with Crippen molar-refractivity contribution in [1.29, 1.82) is 0 Å². The third-order valence-corrected chi connectivity index (χ3v) is 3.29. The topological polar surface area (TPSA) is 29.5 Å². The fourth-order valence-corrected chi connectivity index (χ4v) is 2.63. The van der Waals surface area contributed by atoms with Crippen LogP contribution in [0.1, 0.15) is 19.8 Å². The van der Waals surface area contributed by atoms with Gasteiger partial charge >= 0.3 is 0 Å². The number of rotatable bonds is 2. The maximum atomic E-state index is 11.7. The summed E-state index contributed by atoms with van der Waals surface area (Å²) in [4.78, 5) is 13.8. The zero-order valence-electron chi connectivity index (χ0n) is 8.32. The molecule has 2 fully saturated rings. The van der Waals surface area contributed by atoms with E-state index in [1.165, 1.54) is 0 Å². The van der Waals surface area contributed by atoms with Gasteiger partial charge in [-0.05, 0) is 13.5 Å². The molecular weight excluding hydrogens is 166 g/mol. The number of ketones is 1. The summed E-state index contributed by atoms with van der Waals surface area (Å²) in [5.41, 5.74) is 0. The molecule has 0 amide bonds. The third-order valence-electron chi connectivity index (χ3n) is 3.29. The normalized spacial score (nSPS) is 39.4. The first kappa shape index (κ1) is 9.16. The van der Waals surface area contributed by atoms with Crippen molar-refractivity contribution < 1.29 is 9.53 Å². The molecule has 2 heterocycles. The predicted molar refractivity (Wildman–Crippen MR) is 49.6 cm³/mol. The Balaban J connectivity index is 2.12. The molecule has 3 atom stereocenters. The lowest BCUT2D eigenvalue weighted by Crippen LogP contribution is -2.36. The number of ether oxygens (including phenoxy) is 1. The maximum absolute atomic E-state index is 11.7. The average Bonchev–Trinajstić information content (AvgIpc) is 2.62. The summed E-state index contributed by atoms with van der Waals surface area (Å²) < 4.78 is 5.58. The first-order chi connectivity index (χ1) is 6.24. The van der Waals surface area contributed by atoms with Gasteiger partial charge in [-0.1, -0.05) is 6.92 Å². The number of fused-ring (bicyclic) bond motifs is 1. The Hall–Kier alpha value is -0.410. The van der Waals surface area contributed by atoms with Gasteiger partial charge in [0.2, 0.25) is 0 Å². The number of carbonyl (C=O) groups excluding carboxylic acids is 1. The largest absolute Gasteiger partial charge is 0.377 e. The summed E-state index contributed by atoms with van der Waals surface area (Å²) in [5.74, 6) is 0.845. The van der Waals surface area contributed by atoms with Gasteiger partial charge in [0.25, 0.3) is 0 Å². The molecule has 3 unspecified atom stereocenters. The molecule has 13 heavy (non-hydrogen) atoms. The van der Waals surface area contributed by atoms with E-state index in [9.17, 15) is 4.79 Å². The Bertz CT molecular complexity index is 217. The quantitative estimate of drug-likeness (QED) is 0.630. The van der Waals surface area contributed by atoms with Crippen molar-refractivity contribution in [3.05, 3.63) is 0 Å². The third kappa shape index (κ3) is 1.40. The fourth-order valence-electron chi connectivity index (χ4n) is 2.63. The number of likely N-dealkylation sites (tertiary alicyclic amines) is 1. The van der Waals surface area contributed by atoms with Crippen molar-refractivity contribution in [3.8, 4) is 0 Å². The Morgan fingerprint density at radius 1 is 1.62 bits per heavy atom. The first-order valence-electron chi connectivity index (χ1n) is 5.08. The molecule has 2 aliphatic heterocycles. The van der Waals surface area contributed by atoms with E-state index < -0.39 is 0 Å². The summed E-state index contributed by atoms with van der Waals surface area (Å²) in [6.07, 6.45) is 2.04. The van der Waals surface area contributed by atoms with Gasteiger partial charge in [-0.25, -0.2) is 0 Å². The molecule has 0 radical (unpaired) electrons. The number of nitrogens with zero attached hydrogens (tertiary/aromatic N) is 1. The number of Topliss-reactive ketones (excluding diaryl/α,β-unsaturated/α-hetero) is 1. The van der Waals surface area contributed by atoms with Gasteiger partial charge in [-0.15, -0.1) is 0 Å². The van der Waals surface area contributed by atoms with Crippen molar-refractivity contribution in [2.45, 2.75) is 31.9 Å². The van der Waals surface area contributed by atoms with Gasteiger partial charge in [-0.2, -0.15) is 0 Å². The van der Waals surface area contributed by atoms with Crippen LogP contribution in [0.25, 0.3) is 0 Å². The standard InChI is InChI=1S/C10H17NO2/c1-3-8(12)10-7-4-5-13-9(7)6-11(10)2/h7,9-10H,3-6H2,1-2H3. The van der Waals surface area contributed by atoms with E-state index in [0.717, 1.165) is 19.6 Å². The molecule has 0 N–H and O–H groups in total. The van der Waals surface area contributed by atoms with Gasteiger partial charge in [0.05, 0.1) is 12.1 Å². The zero-order valence-corrected chi connectivity index (χ0v) is 8.32. The molecule has 0 spiro atoms. The van der Waals surface area contributed by atoms with Crippen molar-refractivity contribution in [1.82, 2.24) is 4.90 Å². The summed E-state index contributed by atoms with van der Waals surface area (Å²) in [6.45, 7) is 3.72. The smallest absolute Gasteiger partial charge is 0.150 e. The van der Waals surface area contributed by atoms with Gasteiger partial charge in [-0.3, -0.25) is 9.69 Å². The highest BCUT2D eigenvalue weighted by molar-refractivity contribution is 5.84. The molecule has 2 rings (SSSR count). The second-order valence-electron chi connectivity index (χ2n) is 4.07. The Morgan fingerprint density at radius 3 is 3.08 bits per heavy atom. The van der Waals surface area contributed by atoms with Crippen LogP contribution in [0.5, 0.6) is 0 Å². The second kappa shape index (κ2) is 3.39. The lowest BCUT2D eigenvalue weighted by Gasteiger charge is -2.21. The van der Waals surface area contributed by atoms with E-state index in [1.807, 2.05) is 14.0 Å². The molecule has 74 valence electrons. The molecule has 2 aliphatic rings. The number of carbonyl (C=O) groups is 1. The Morgan fingerprint density at radius 2 is 2.38 bits per heavy atom. The van der Waals surface area contributed by atoms with Crippen LogP contribution in [0.15, 0.2) is 0 Å². The van der Waals surface area contributed by atoms with E-state index in [4.69, 9.17) is 4.74 Å². The summed E-state index contributed by atoms with van der Waals surface area (Å²) in [7, 11) is 2.03. The second-order valence-corrected chi connectivity index (χ2v) is 4.07. The highest BCUT2D eigenvalue weighted by atomic mass is 16.5. The molecule has 0 aromatic carbocycles. The molecule has 0 bridgehead atoms. The summed E-state index contributed by atoms with van der Waals surface area (Å²) >= 11 is 0. The van der Waals surface area contributed by atoms with Crippen molar-refractivity contribution >= 4 is 5.78 Å². The molecule has 0 aromatic heterocycles. The van der Waals surface area contributed by atoms with E-state index in [1.54, 1.807) is 0 Å². The summed E-state index contributed by atoms with van der Waals surface area (Å²) in [6, 6.07) is 0.137. The lowest BCUT2D eigenvalue weighted by atomic mass is 9.93. The van der Waals surface area contributed by atoms with Crippen molar-refractivity contribution in [2.24, 2.45) is 5.92 Å². The molecule has 3 nitrogen and oxygen atoms in total. The number of hydrogen-bond acceptors (Lipinski definition) is 3. The van der Waals surface area contributed by atoms with Crippen LogP contribution in [-0.2, 0) is 9.53 Å². The minimum Gasteiger partial charge on any atom is -0.377 e. The van der Waals surface area contributed by atoms with Crippen LogP contribution in [0.3, 0.4) is 0 Å². The van der Waals surface area contributed by atoms with Crippen LogP contribution >= 0.6 is 0 Å². The van der Waals surface area contributed by atoms with Crippen LogP contribution < -0.4 is 0 Å². The van der Waals surface area contributed by atoms with E-state index in [0.29, 0.717) is 24.2 Å². The van der Waals surface area contributed by atoms with E-state index in [2.05, 4.69) is 4.90 Å². The molecular formula is C10H17NO2. The monoisotopic (exact) mass is 183 g/mol. The van der Waals surface area contributed by atoms with Gasteiger partial charge in [0.1, 0.15) is 5.78 Å². The van der Waals surface area contributed by atoms with Crippen LogP contribution in [0.4, 0.5) is 0 Å². The van der Waals surface area contributed by atoms with E-state index >= 15 is 0 Å². The van der Waals surface area contributed by atoms with Crippen LogP contribution in [0.2, 0.25) is 0 Å². The predicted octanol–water partition coefficient (Wildman–Crippen LogP) is 0.685. The number of likely N-dealkylation sites (N-methyl/N-ethyl adjacent to an activating group) is 1. The minimum absolute atomic E-state index is 0.137. The molecule has 0 aliphatic carbocycles. The van der Waals surface area contributed by atoms with Crippen molar-refractivity contribution in [3.63, 3.8) is 0 Å². The molecule has 3 heteroatoms. The highest BCUT2D eigenvalue weighted by Crippen LogP contribution is 2.34. The molecule has 0 saturated carbocycles. The maximum Gasteiger partial charge on any atom is 0.150 e. The average molecular weight is 183 g/mol. The first-order valence-corrected chi connectivity index (χ1v) is 5.08. The molecule has 0 aromatic rings. The Labute approximate surface area is 79.0 Å². The highest BCUT2D eigenvalue weighted by Gasteiger charge is 2.46. The van der Waals surface area contributed by atoms with Gasteiger partial charge in [0, 0.05) is 25.5 Å². The lowest BCUT2D eigenvalue weighted by molar-refractivity contribution is -0.123. The minimum atomic E-state index is 0.137. The van der Waals surface area contributed by atoms with Gasteiger partial charge in [0.15, 0.2) is 0 Å². The fraction of sp³-hybridized carbons (Fsp3) is 0.900. The zero-order chi connectivity index (χ0) is 9.42. The van der Waals surface area contributed by atoms with Gasteiger partial charge < -0.3 is 4.74 Å². The Kier molecular flexibility index (Phi) is 2.39. The molecule has 2 saturated heterocycles. The van der Waals surface area contributed by atoms with Crippen LogP contribution in [0, 0.1) is 5.92 Å². The number of hydrogen-bond donors (Lipinski definition) is 0. The van der Waals surface area contributed by atoms with Crippen LogP contribution in [-0.4, -0.2) is 43.0 Å². The van der Waals surface area contributed by atoms with E-state index in [-0.39, 0.29) is 6.04 Å².